The summed E-state index contributed by atoms with van der Waals surface area (Å²) in [5.74, 6) is -0.489. The molecule has 0 N–H and O–H groups in total. The van der Waals surface area contributed by atoms with Crippen molar-refractivity contribution >= 4 is 11.6 Å². The van der Waals surface area contributed by atoms with E-state index in [1.807, 2.05) is 24.3 Å². The number of fused-ring (bicyclic) bond motifs is 2. The van der Waals surface area contributed by atoms with Crippen molar-refractivity contribution in [3.8, 4) is 0 Å². The van der Waals surface area contributed by atoms with Crippen molar-refractivity contribution in [2.75, 3.05) is 0 Å². The number of nitrogens with zero attached hydrogens (tertiary/aromatic N) is 1. The van der Waals surface area contributed by atoms with Crippen LogP contribution in [-0.4, -0.2) is 4.98 Å². The van der Waals surface area contributed by atoms with Crippen molar-refractivity contribution < 1.29 is 8.78 Å². The molecule has 1 aromatic heterocycles. The summed E-state index contributed by atoms with van der Waals surface area (Å²) in [4.78, 5) is 4.50. The minimum Gasteiger partial charge on any atom is -0.261 e. The van der Waals surface area contributed by atoms with Crippen molar-refractivity contribution in [1.82, 2.24) is 4.98 Å². The zero-order valence-electron chi connectivity index (χ0n) is 13.0. The number of aromatic nitrogens is 1. The highest BCUT2D eigenvalue weighted by Crippen LogP contribution is 2.34. The van der Waals surface area contributed by atoms with Crippen molar-refractivity contribution in [3.05, 3.63) is 100 Å². The van der Waals surface area contributed by atoms with Gasteiger partial charge in [0.2, 0.25) is 0 Å². The Morgan fingerprint density at radius 1 is 0.833 bits per heavy atom. The summed E-state index contributed by atoms with van der Waals surface area (Å²) in [6.45, 7) is 0. The van der Waals surface area contributed by atoms with Crippen LogP contribution in [0.2, 0.25) is 0 Å². The minimum absolute atomic E-state index is 0.228. The van der Waals surface area contributed by atoms with Crippen LogP contribution in [0, 0.1) is 11.6 Å². The molecule has 0 amide bonds. The van der Waals surface area contributed by atoms with Gasteiger partial charge >= 0.3 is 0 Å². The van der Waals surface area contributed by atoms with Crippen LogP contribution in [0.5, 0.6) is 0 Å². The summed E-state index contributed by atoms with van der Waals surface area (Å²) in [5.41, 5.74) is 5.93. The van der Waals surface area contributed by atoms with Crippen molar-refractivity contribution in [2.45, 2.75) is 12.8 Å². The Hall–Kier alpha value is -2.81. The molecule has 3 aromatic rings. The fourth-order valence-corrected chi connectivity index (χ4v) is 3.19. The van der Waals surface area contributed by atoms with Crippen molar-refractivity contribution in [2.24, 2.45) is 0 Å². The second kappa shape index (κ2) is 6.00. The molecule has 118 valence electrons. The summed E-state index contributed by atoms with van der Waals surface area (Å²) in [6.07, 6.45) is 5.32. The van der Waals surface area contributed by atoms with Gasteiger partial charge in [-0.3, -0.25) is 4.98 Å². The molecule has 0 atom stereocenters. The lowest BCUT2D eigenvalue weighted by molar-refractivity contribution is 0.625. The first-order valence-corrected chi connectivity index (χ1v) is 7.91. The van der Waals surface area contributed by atoms with E-state index in [-0.39, 0.29) is 11.6 Å². The number of pyridine rings is 1. The molecule has 0 unspecified atom stereocenters. The molecule has 2 aromatic carbocycles. The molecule has 1 heterocycles. The van der Waals surface area contributed by atoms with Gasteiger partial charge in [0, 0.05) is 17.5 Å². The van der Waals surface area contributed by atoms with E-state index in [0.29, 0.717) is 0 Å². The first-order valence-electron chi connectivity index (χ1n) is 7.91. The van der Waals surface area contributed by atoms with Gasteiger partial charge in [-0.05, 0) is 71.5 Å². The van der Waals surface area contributed by atoms with E-state index >= 15 is 0 Å². The van der Waals surface area contributed by atoms with Crippen LogP contribution < -0.4 is 0 Å². The molecule has 1 nitrogen and oxygen atoms in total. The number of hydrogen-bond acceptors (Lipinski definition) is 1. The Bertz CT molecular complexity index is 927. The summed E-state index contributed by atoms with van der Waals surface area (Å²) < 4.78 is 26.9. The summed E-state index contributed by atoms with van der Waals surface area (Å²) in [7, 11) is 0. The van der Waals surface area contributed by atoms with E-state index in [2.05, 4.69) is 4.98 Å². The van der Waals surface area contributed by atoms with Crippen LogP contribution in [0.15, 0.2) is 60.8 Å². The molecule has 24 heavy (non-hydrogen) atoms. The van der Waals surface area contributed by atoms with Gasteiger partial charge in [-0.2, -0.15) is 0 Å². The number of halogens is 2. The van der Waals surface area contributed by atoms with Gasteiger partial charge in [0.15, 0.2) is 0 Å². The zero-order valence-corrected chi connectivity index (χ0v) is 13.0. The Morgan fingerprint density at radius 3 is 2.46 bits per heavy atom. The van der Waals surface area contributed by atoms with Crippen LogP contribution in [0.4, 0.5) is 8.78 Å². The van der Waals surface area contributed by atoms with Crippen LogP contribution in [-0.2, 0) is 12.8 Å². The largest absolute Gasteiger partial charge is 0.261 e. The molecule has 0 radical (unpaired) electrons. The predicted octanol–water partition coefficient (Wildman–Crippen LogP) is 5.05. The topological polar surface area (TPSA) is 12.9 Å². The summed E-state index contributed by atoms with van der Waals surface area (Å²) >= 11 is 0. The Kier molecular flexibility index (Phi) is 3.69. The highest BCUT2D eigenvalue weighted by Gasteiger charge is 2.19. The third-order valence-electron chi connectivity index (χ3n) is 4.35. The van der Waals surface area contributed by atoms with E-state index in [1.165, 1.54) is 18.2 Å². The van der Waals surface area contributed by atoms with E-state index < -0.39 is 0 Å². The van der Waals surface area contributed by atoms with E-state index in [4.69, 9.17) is 0 Å². The van der Waals surface area contributed by atoms with Gasteiger partial charge in [-0.15, -0.1) is 0 Å². The van der Waals surface area contributed by atoms with Crippen molar-refractivity contribution in [3.63, 3.8) is 0 Å². The quantitative estimate of drug-likeness (QED) is 0.612. The monoisotopic (exact) mass is 319 g/mol. The molecule has 4 rings (SSSR count). The van der Waals surface area contributed by atoms with Gasteiger partial charge in [0.05, 0.1) is 0 Å². The molecule has 0 saturated carbocycles. The molecule has 0 spiro atoms. The minimum atomic E-state index is -0.262. The average molecular weight is 319 g/mol. The molecule has 3 heteroatoms. The normalized spacial score (nSPS) is 14.8. The fraction of sp³-hybridized carbons (Fsp3) is 0.0952. The maximum absolute atomic E-state index is 13.7. The van der Waals surface area contributed by atoms with Gasteiger partial charge in [0.25, 0.3) is 0 Å². The van der Waals surface area contributed by atoms with Crippen LogP contribution in [0.25, 0.3) is 11.6 Å². The molecule has 1 aliphatic carbocycles. The predicted molar refractivity (Wildman–Crippen MR) is 91.4 cm³/mol. The summed E-state index contributed by atoms with van der Waals surface area (Å²) in [5, 5.41) is 0. The molecule has 0 fully saturated rings. The Balaban J connectivity index is 1.95. The van der Waals surface area contributed by atoms with Gasteiger partial charge < -0.3 is 0 Å². The molecular weight excluding hydrogens is 304 g/mol. The molecule has 0 bridgehead atoms. The maximum Gasteiger partial charge on any atom is 0.123 e. The van der Waals surface area contributed by atoms with Crippen LogP contribution in [0.1, 0.15) is 27.9 Å². The van der Waals surface area contributed by atoms with Gasteiger partial charge in [0.1, 0.15) is 11.6 Å². The lowest BCUT2D eigenvalue weighted by Gasteiger charge is -2.12. The number of rotatable bonds is 1. The Morgan fingerprint density at radius 2 is 1.62 bits per heavy atom. The lowest BCUT2D eigenvalue weighted by Crippen LogP contribution is -1.95. The van der Waals surface area contributed by atoms with E-state index in [0.717, 1.165) is 46.4 Å². The van der Waals surface area contributed by atoms with E-state index in [1.54, 1.807) is 24.4 Å². The standard InChI is InChI=1S/C21H15F2N/c22-16-6-3-14(4-7-16)12-20-18-9-8-17(23)13-15(18)5-10-21-19(20)2-1-11-24-21/h1-4,6-9,11-13H,5,10H2/b20-12+. The second-order valence-corrected chi connectivity index (χ2v) is 5.91. The highest BCUT2D eigenvalue weighted by molar-refractivity contribution is 5.93. The third kappa shape index (κ3) is 2.73. The molecular formula is C21H15F2N. The smallest absolute Gasteiger partial charge is 0.123 e. The second-order valence-electron chi connectivity index (χ2n) is 5.91. The first kappa shape index (κ1) is 14.8. The highest BCUT2D eigenvalue weighted by atomic mass is 19.1. The number of hydrogen-bond donors (Lipinski definition) is 0. The zero-order chi connectivity index (χ0) is 16.5. The third-order valence-corrected chi connectivity index (χ3v) is 4.35. The first-order chi connectivity index (χ1) is 11.7. The number of benzene rings is 2. The maximum atomic E-state index is 13.7. The average Bonchev–Trinajstić information content (AvgIpc) is 2.74. The fourth-order valence-electron chi connectivity index (χ4n) is 3.19. The molecule has 0 saturated heterocycles. The van der Waals surface area contributed by atoms with Gasteiger partial charge in [-0.1, -0.05) is 24.3 Å². The van der Waals surface area contributed by atoms with Gasteiger partial charge in [-0.25, -0.2) is 8.78 Å². The summed E-state index contributed by atoms with van der Waals surface area (Å²) in [6, 6.07) is 15.2. The SMILES string of the molecule is Fc1ccc(/C=C2\c3ccc(F)cc3CCc3ncccc32)cc1. The van der Waals surface area contributed by atoms with E-state index in [9.17, 15) is 8.78 Å². The Labute approximate surface area is 139 Å². The molecule has 1 aliphatic rings. The number of aryl methyl sites for hydroxylation is 2. The van der Waals surface area contributed by atoms with Crippen LogP contribution in [0.3, 0.4) is 0 Å². The van der Waals surface area contributed by atoms with Crippen LogP contribution >= 0.6 is 0 Å². The van der Waals surface area contributed by atoms with Crippen molar-refractivity contribution in [1.29, 1.82) is 0 Å². The molecule has 0 aliphatic heterocycles. The lowest BCUT2D eigenvalue weighted by atomic mass is 9.93.